The van der Waals surface area contributed by atoms with E-state index in [0.717, 1.165) is 5.46 Å². The third-order valence-electron chi connectivity index (χ3n) is 2.99. The van der Waals surface area contributed by atoms with E-state index in [9.17, 15) is 4.79 Å². The Hall–Kier alpha value is -2.43. The topological polar surface area (TPSA) is 44.8 Å². The molecule has 1 aliphatic rings. The average molecular weight is 268 g/mol. The molecule has 0 saturated heterocycles. The van der Waals surface area contributed by atoms with Gasteiger partial charge in [-0.3, -0.25) is 0 Å². The van der Waals surface area contributed by atoms with Crippen LogP contribution in [0.5, 0.6) is 11.5 Å². The van der Waals surface area contributed by atoms with E-state index in [0.29, 0.717) is 23.7 Å². The Kier molecular flexibility index (Phi) is 3.33. The smallest absolute Gasteiger partial charge is 0.519 e. The zero-order valence-corrected chi connectivity index (χ0v) is 11.0. The predicted molar refractivity (Wildman–Crippen MR) is 75.5 cm³/mol. The lowest BCUT2D eigenvalue weighted by Gasteiger charge is -2.07. The Balaban J connectivity index is 1.83. The summed E-state index contributed by atoms with van der Waals surface area (Å²) < 4.78 is 16.4. The van der Waals surface area contributed by atoms with Crippen molar-refractivity contribution in [1.29, 1.82) is 0 Å². The quantitative estimate of drug-likeness (QED) is 0.631. The first-order valence-corrected chi connectivity index (χ1v) is 6.47. The number of carbonyl (C=O) groups excluding carboxylic acids is 1. The number of esters is 1. The van der Waals surface area contributed by atoms with Crippen molar-refractivity contribution >= 4 is 18.6 Å². The van der Waals surface area contributed by atoms with Gasteiger partial charge in [0.05, 0.1) is 12.2 Å². The van der Waals surface area contributed by atoms with Gasteiger partial charge < -0.3 is 14.0 Å². The number of para-hydroxylation sites is 2. The summed E-state index contributed by atoms with van der Waals surface area (Å²) in [5, 5.41) is 0. The predicted octanol–water partition coefficient (Wildman–Crippen LogP) is 2.03. The minimum absolute atomic E-state index is 0.343. The highest BCUT2D eigenvalue weighted by molar-refractivity contribution is 6.63. The summed E-state index contributed by atoms with van der Waals surface area (Å²) in [7, 11) is -0.526. The van der Waals surface area contributed by atoms with Crippen molar-refractivity contribution < 1.29 is 18.8 Å². The van der Waals surface area contributed by atoms with E-state index in [1.165, 1.54) is 0 Å². The molecular formula is C15H13BO4. The summed E-state index contributed by atoms with van der Waals surface area (Å²) in [6.45, 7) is 2.13. The van der Waals surface area contributed by atoms with E-state index in [-0.39, 0.29) is 5.97 Å². The Morgan fingerprint density at radius 1 is 1.10 bits per heavy atom. The molecule has 0 saturated carbocycles. The number of benzene rings is 2. The van der Waals surface area contributed by atoms with E-state index in [1.807, 2.05) is 30.3 Å². The normalized spacial score (nSPS) is 12.3. The summed E-state index contributed by atoms with van der Waals surface area (Å²) in [6.07, 6.45) is 0. The molecule has 4 nitrogen and oxygen atoms in total. The zero-order chi connectivity index (χ0) is 13.9. The van der Waals surface area contributed by atoms with Gasteiger partial charge in [0.25, 0.3) is 0 Å². The lowest BCUT2D eigenvalue weighted by atomic mass is 9.78. The molecule has 0 radical (unpaired) electrons. The fraction of sp³-hybridized carbons (Fsp3) is 0.133. The van der Waals surface area contributed by atoms with Crippen molar-refractivity contribution in [2.75, 3.05) is 6.61 Å². The maximum atomic E-state index is 11.7. The molecule has 100 valence electrons. The Labute approximate surface area is 117 Å². The van der Waals surface area contributed by atoms with Crippen LogP contribution in [0.4, 0.5) is 0 Å². The molecule has 0 atom stereocenters. The van der Waals surface area contributed by atoms with Crippen molar-refractivity contribution in [3.05, 3.63) is 54.1 Å². The molecule has 20 heavy (non-hydrogen) atoms. The molecule has 2 aromatic carbocycles. The highest BCUT2D eigenvalue weighted by Crippen LogP contribution is 2.32. The minimum Gasteiger partial charge on any atom is -0.519 e. The molecule has 0 spiro atoms. The maximum Gasteiger partial charge on any atom is 0.632 e. The van der Waals surface area contributed by atoms with Crippen LogP contribution in [-0.4, -0.2) is 19.7 Å². The lowest BCUT2D eigenvalue weighted by Crippen LogP contribution is -2.39. The Morgan fingerprint density at radius 3 is 2.45 bits per heavy atom. The molecule has 5 heteroatoms. The molecule has 1 heterocycles. The molecule has 0 aromatic heterocycles. The third-order valence-corrected chi connectivity index (χ3v) is 2.99. The third kappa shape index (κ3) is 2.34. The van der Waals surface area contributed by atoms with Gasteiger partial charge >= 0.3 is 13.1 Å². The second-order valence-electron chi connectivity index (χ2n) is 4.36. The molecule has 0 unspecified atom stereocenters. The summed E-state index contributed by atoms with van der Waals surface area (Å²) in [6, 6.07) is 14.6. The van der Waals surface area contributed by atoms with Crippen LogP contribution in [0.1, 0.15) is 17.3 Å². The van der Waals surface area contributed by atoms with E-state index in [2.05, 4.69) is 0 Å². The molecule has 3 rings (SSSR count). The van der Waals surface area contributed by atoms with Gasteiger partial charge in [0.2, 0.25) is 0 Å². The van der Waals surface area contributed by atoms with Gasteiger partial charge in [-0.2, -0.15) is 0 Å². The summed E-state index contributed by atoms with van der Waals surface area (Å²) in [5.74, 6) is 1.07. The van der Waals surface area contributed by atoms with Crippen LogP contribution in [0, 0.1) is 0 Å². The maximum absolute atomic E-state index is 11.7. The average Bonchev–Trinajstić information content (AvgIpc) is 2.91. The van der Waals surface area contributed by atoms with Gasteiger partial charge in [0.15, 0.2) is 0 Å². The van der Waals surface area contributed by atoms with E-state index in [4.69, 9.17) is 14.0 Å². The number of ether oxygens (including phenoxy) is 1. The molecule has 0 N–H and O–H groups in total. The van der Waals surface area contributed by atoms with E-state index in [1.54, 1.807) is 25.1 Å². The van der Waals surface area contributed by atoms with Crippen LogP contribution in [0.25, 0.3) is 0 Å². The van der Waals surface area contributed by atoms with Crippen molar-refractivity contribution in [3.8, 4) is 11.5 Å². The summed E-state index contributed by atoms with van der Waals surface area (Å²) in [4.78, 5) is 11.7. The van der Waals surface area contributed by atoms with Crippen LogP contribution >= 0.6 is 0 Å². The van der Waals surface area contributed by atoms with Crippen molar-refractivity contribution in [3.63, 3.8) is 0 Å². The number of hydrogen-bond acceptors (Lipinski definition) is 4. The van der Waals surface area contributed by atoms with Crippen molar-refractivity contribution in [1.82, 2.24) is 0 Å². The summed E-state index contributed by atoms with van der Waals surface area (Å²) in [5.41, 5.74) is 1.28. The standard InChI is InChI=1S/C15H13BO4/c1-2-18-15(17)11-6-5-7-12(10-11)16-19-13-8-3-4-9-14(13)20-16/h3-10H,2H2,1H3. The van der Waals surface area contributed by atoms with Crippen LogP contribution in [-0.2, 0) is 4.74 Å². The molecule has 0 fully saturated rings. The highest BCUT2D eigenvalue weighted by Gasteiger charge is 2.34. The fourth-order valence-corrected chi connectivity index (χ4v) is 2.06. The number of hydrogen-bond donors (Lipinski definition) is 0. The summed E-state index contributed by atoms with van der Waals surface area (Å²) >= 11 is 0. The molecule has 0 amide bonds. The first-order chi connectivity index (χ1) is 9.78. The number of fused-ring (bicyclic) bond motifs is 1. The number of rotatable bonds is 3. The Morgan fingerprint density at radius 2 is 1.80 bits per heavy atom. The first-order valence-electron chi connectivity index (χ1n) is 6.47. The van der Waals surface area contributed by atoms with E-state index < -0.39 is 7.12 Å². The molecule has 1 aliphatic heterocycles. The monoisotopic (exact) mass is 268 g/mol. The number of carbonyl (C=O) groups is 1. The second-order valence-corrected chi connectivity index (χ2v) is 4.36. The van der Waals surface area contributed by atoms with Gasteiger partial charge in [-0.05, 0) is 31.2 Å². The van der Waals surface area contributed by atoms with Gasteiger partial charge in [0, 0.05) is 5.46 Å². The van der Waals surface area contributed by atoms with E-state index >= 15 is 0 Å². The van der Waals surface area contributed by atoms with Crippen molar-refractivity contribution in [2.45, 2.75) is 6.92 Å². The van der Waals surface area contributed by atoms with Crippen LogP contribution in [0.2, 0.25) is 0 Å². The first kappa shape index (κ1) is 12.6. The van der Waals surface area contributed by atoms with Crippen LogP contribution in [0.15, 0.2) is 48.5 Å². The van der Waals surface area contributed by atoms with Gasteiger partial charge in [-0.1, -0.05) is 24.3 Å². The van der Waals surface area contributed by atoms with Gasteiger partial charge in [-0.15, -0.1) is 0 Å². The molecule has 0 bridgehead atoms. The Bertz CT molecular complexity index is 616. The largest absolute Gasteiger partial charge is 0.632 e. The fourth-order valence-electron chi connectivity index (χ4n) is 2.06. The van der Waals surface area contributed by atoms with Crippen LogP contribution < -0.4 is 14.8 Å². The van der Waals surface area contributed by atoms with Gasteiger partial charge in [0.1, 0.15) is 11.5 Å². The van der Waals surface area contributed by atoms with Crippen LogP contribution in [0.3, 0.4) is 0 Å². The highest BCUT2D eigenvalue weighted by atomic mass is 16.6. The van der Waals surface area contributed by atoms with Gasteiger partial charge in [-0.25, -0.2) is 4.79 Å². The zero-order valence-electron chi connectivity index (χ0n) is 11.0. The molecule has 0 aliphatic carbocycles. The lowest BCUT2D eigenvalue weighted by molar-refractivity contribution is 0.0526. The minimum atomic E-state index is -0.526. The molecular weight excluding hydrogens is 255 g/mol. The second kappa shape index (κ2) is 5.29. The van der Waals surface area contributed by atoms with Crippen molar-refractivity contribution in [2.24, 2.45) is 0 Å². The SMILES string of the molecule is CCOC(=O)c1cccc(B2Oc3ccccc3O2)c1. The molecule has 2 aromatic rings.